The minimum atomic E-state index is -0.0633. The fourth-order valence-electron chi connectivity index (χ4n) is 4.88. The molecule has 0 bridgehead atoms. The Balaban J connectivity index is 3.29. The van der Waals surface area contributed by atoms with E-state index in [4.69, 9.17) is 0 Å². The third kappa shape index (κ3) is 32.9. The van der Waals surface area contributed by atoms with Crippen molar-refractivity contribution in [3.8, 4) is 0 Å². The lowest BCUT2D eigenvalue weighted by atomic mass is 10.0. The van der Waals surface area contributed by atoms with E-state index in [-0.39, 0.29) is 6.10 Å². The maximum Gasteiger partial charge on any atom is 0.0540 e. The molecule has 0 amide bonds. The van der Waals surface area contributed by atoms with Crippen LogP contribution in [-0.4, -0.2) is 11.2 Å². The van der Waals surface area contributed by atoms with Gasteiger partial charge in [0.05, 0.1) is 6.10 Å². The minimum Gasteiger partial charge on any atom is -0.393 e. The van der Waals surface area contributed by atoms with Crippen LogP contribution in [0.25, 0.3) is 0 Å². The molecule has 1 heteroatoms. The Morgan fingerprint density at radius 1 is 0.368 bits per heavy atom. The monoisotopic (exact) mass is 529 g/mol. The summed E-state index contributed by atoms with van der Waals surface area (Å²) >= 11 is 0. The first-order valence-electron chi connectivity index (χ1n) is 17.1. The molecular weight excluding hydrogens is 460 g/mol. The Kier molecular flexibility index (Phi) is 33.0. The standard InChI is InChI=1S/C37H68O/c1-3-5-7-9-11-13-15-17-19-21-23-25-27-29-31-33-35-37(38)36-34-32-30-28-26-24-22-20-18-16-14-12-10-8-6-4-2/h11-14,17-20,37-38H,3-10,15-16,21-36H2,1-2H3/b13-11-,14-12-,19-17-,20-18?. The lowest BCUT2D eigenvalue weighted by Crippen LogP contribution is -2.05. The maximum atomic E-state index is 10.3. The van der Waals surface area contributed by atoms with Crippen LogP contribution in [0.3, 0.4) is 0 Å². The number of aliphatic hydroxyl groups is 1. The van der Waals surface area contributed by atoms with Crippen molar-refractivity contribution in [2.45, 2.75) is 187 Å². The van der Waals surface area contributed by atoms with Gasteiger partial charge in [-0.1, -0.05) is 152 Å². The van der Waals surface area contributed by atoms with E-state index in [1.54, 1.807) is 0 Å². The molecule has 0 saturated carbocycles. The van der Waals surface area contributed by atoms with Crippen molar-refractivity contribution < 1.29 is 5.11 Å². The number of hydrogen-bond donors (Lipinski definition) is 1. The zero-order chi connectivity index (χ0) is 27.6. The van der Waals surface area contributed by atoms with Gasteiger partial charge in [0.15, 0.2) is 0 Å². The molecule has 222 valence electrons. The number of hydrogen-bond acceptors (Lipinski definition) is 1. The second kappa shape index (κ2) is 33.9. The summed E-state index contributed by atoms with van der Waals surface area (Å²) in [4.78, 5) is 0. The number of unbranched alkanes of at least 4 members (excludes halogenated alkanes) is 18. The van der Waals surface area contributed by atoms with E-state index in [9.17, 15) is 5.11 Å². The molecule has 0 saturated heterocycles. The van der Waals surface area contributed by atoms with Crippen LogP contribution in [0.15, 0.2) is 48.6 Å². The molecule has 0 rings (SSSR count). The van der Waals surface area contributed by atoms with E-state index in [1.165, 1.54) is 141 Å². The fraction of sp³-hybridized carbons (Fsp3) is 0.784. The first kappa shape index (κ1) is 36.9. The predicted molar refractivity (Wildman–Crippen MR) is 174 cm³/mol. The van der Waals surface area contributed by atoms with Crippen LogP contribution >= 0.6 is 0 Å². The molecule has 1 N–H and O–H groups in total. The van der Waals surface area contributed by atoms with Gasteiger partial charge >= 0.3 is 0 Å². The van der Waals surface area contributed by atoms with Gasteiger partial charge in [-0.15, -0.1) is 0 Å². The van der Waals surface area contributed by atoms with Crippen LogP contribution in [0.2, 0.25) is 0 Å². The van der Waals surface area contributed by atoms with Gasteiger partial charge in [0.1, 0.15) is 0 Å². The smallest absolute Gasteiger partial charge is 0.0540 e. The van der Waals surface area contributed by atoms with E-state index < -0.39 is 0 Å². The van der Waals surface area contributed by atoms with E-state index in [0.717, 1.165) is 25.7 Å². The predicted octanol–water partition coefficient (Wildman–Crippen LogP) is 12.8. The summed E-state index contributed by atoms with van der Waals surface area (Å²) in [6, 6.07) is 0. The largest absolute Gasteiger partial charge is 0.393 e. The third-order valence-electron chi connectivity index (χ3n) is 7.48. The third-order valence-corrected chi connectivity index (χ3v) is 7.48. The van der Waals surface area contributed by atoms with Crippen molar-refractivity contribution >= 4 is 0 Å². The van der Waals surface area contributed by atoms with Crippen LogP contribution < -0.4 is 0 Å². The SMILES string of the molecule is CCCCC/C=C\CC=CCCCCCCCCC(O)CCCCCCCC/C=C\C/C=C\CCCCC. The van der Waals surface area contributed by atoms with Gasteiger partial charge in [-0.05, 0) is 77.0 Å². The molecule has 0 fully saturated rings. The molecule has 1 nitrogen and oxygen atoms in total. The van der Waals surface area contributed by atoms with Crippen LogP contribution in [-0.2, 0) is 0 Å². The second-order valence-corrected chi connectivity index (χ2v) is 11.4. The number of allylic oxidation sites excluding steroid dienone is 8. The molecule has 1 unspecified atom stereocenters. The summed E-state index contributed by atoms with van der Waals surface area (Å²) in [5, 5.41) is 10.3. The fourth-order valence-corrected chi connectivity index (χ4v) is 4.88. The highest BCUT2D eigenvalue weighted by Gasteiger charge is 2.03. The molecule has 0 aliphatic rings. The molecule has 0 aromatic carbocycles. The first-order chi connectivity index (χ1) is 18.8. The lowest BCUT2D eigenvalue weighted by molar-refractivity contribution is 0.147. The van der Waals surface area contributed by atoms with Gasteiger partial charge in [0, 0.05) is 0 Å². The summed E-state index contributed by atoms with van der Waals surface area (Å²) in [5.41, 5.74) is 0. The highest BCUT2D eigenvalue weighted by Crippen LogP contribution is 2.15. The highest BCUT2D eigenvalue weighted by atomic mass is 16.3. The van der Waals surface area contributed by atoms with E-state index in [2.05, 4.69) is 62.5 Å². The summed E-state index contributed by atoms with van der Waals surface area (Å²) in [6.07, 6.45) is 51.6. The normalized spacial score (nSPS) is 13.2. The summed E-state index contributed by atoms with van der Waals surface area (Å²) in [6.45, 7) is 4.52. The lowest BCUT2D eigenvalue weighted by Gasteiger charge is -2.10. The topological polar surface area (TPSA) is 20.2 Å². The Bertz CT molecular complexity index is 493. The molecule has 0 aliphatic carbocycles. The first-order valence-corrected chi connectivity index (χ1v) is 17.1. The Morgan fingerprint density at radius 3 is 1.00 bits per heavy atom. The average Bonchev–Trinajstić information content (AvgIpc) is 2.92. The summed E-state index contributed by atoms with van der Waals surface area (Å²) in [5.74, 6) is 0. The van der Waals surface area contributed by atoms with Gasteiger partial charge in [0.2, 0.25) is 0 Å². The number of rotatable bonds is 30. The Labute approximate surface area is 240 Å². The number of aliphatic hydroxyl groups excluding tert-OH is 1. The second-order valence-electron chi connectivity index (χ2n) is 11.4. The quantitative estimate of drug-likeness (QED) is 0.0726. The van der Waals surface area contributed by atoms with Crippen molar-refractivity contribution in [3.05, 3.63) is 48.6 Å². The molecule has 0 radical (unpaired) electrons. The van der Waals surface area contributed by atoms with Gasteiger partial charge in [-0.2, -0.15) is 0 Å². The molecular formula is C37H68O. The Hall–Kier alpha value is -1.08. The average molecular weight is 529 g/mol. The van der Waals surface area contributed by atoms with Crippen molar-refractivity contribution in [3.63, 3.8) is 0 Å². The van der Waals surface area contributed by atoms with Crippen LogP contribution in [0.5, 0.6) is 0 Å². The van der Waals surface area contributed by atoms with Crippen molar-refractivity contribution in [2.24, 2.45) is 0 Å². The molecule has 38 heavy (non-hydrogen) atoms. The van der Waals surface area contributed by atoms with Crippen LogP contribution in [0.4, 0.5) is 0 Å². The summed E-state index contributed by atoms with van der Waals surface area (Å²) < 4.78 is 0. The van der Waals surface area contributed by atoms with Gasteiger partial charge < -0.3 is 5.11 Å². The van der Waals surface area contributed by atoms with E-state index in [0.29, 0.717) is 0 Å². The van der Waals surface area contributed by atoms with Gasteiger partial charge in [-0.25, -0.2) is 0 Å². The zero-order valence-electron chi connectivity index (χ0n) is 26.0. The van der Waals surface area contributed by atoms with E-state index >= 15 is 0 Å². The highest BCUT2D eigenvalue weighted by molar-refractivity contribution is 4.93. The van der Waals surface area contributed by atoms with Crippen LogP contribution in [0, 0.1) is 0 Å². The van der Waals surface area contributed by atoms with Crippen LogP contribution in [0.1, 0.15) is 181 Å². The molecule has 0 aromatic rings. The summed E-state index contributed by atoms with van der Waals surface area (Å²) in [7, 11) is 0. The van der Waals surface area contributed by atoms with E-state index in [1.807, 2.05) is 0 Å². The molecule has 0 aromatic heterocycles. The molecule has 0 heterocycles. The van der Waals surface area contributed by atoms with Gasteiger partial charge in [0.25, 0.3) is 0 Å². The molecule has 0 aliphatic heterocycles. The van der Waals surface area contributed by atoms with Gasteiger partial charge in [-0.3, -0.25) is 0 Å². The maximum absolute atomic E-state index is 10.3. The van der Waals surface area contributed by atoms with Crippen molar-refractivity contribution in [1.82, 2.24) is 0 Å². The van der Waals surface area contributed by atoms with Crippen molar-refractivity contribution in [1.29, 1.82) is 0 Å². The molecule has 0 spiro atoms. The minimum absolute atomic E-state index is 0.0633. The Morgan fingerprint density at radius 2 is 0.658 bits per heavy atom. The van der Waals surface area contributed by atoms with Crippen molar-refractivity contribution in [2.75, 3.05) is 0 Å². The zero-order valence-corrected chi connectivity index (χ0v) is 26.0. The molecule has 1 atom stereocenters.